The van der Waals surface area contributed by atoms with Crippen LogP contribution in [0.3, 0.4) is 0 Å². The Kier molecular flexibility index (Phi) is 12.0. The molecule has 4 aromatic carbocycles. The van der Waals surface area contributed by atoms with Crippen LogP contribution < -0.4 is 10.6 Å². The van der Waals surface area contributed by atoms with Crippen molar-refractivity contribution < 1.29 is 9.53 Å². The predicted molar refractivity (Wildman–Crippen MR) is 245 cm³/mol. The minimum atomic E-state index is -0.690. The topological polar surface area (TPSA) is 105 Å². The van der Waals surface area contributed by atoms with Crippen LogP contribution in [0.15, 0.2) is 165 Å². The average Bonchev–Trinajstić information content (AvgIpc) is 3.22. The molecule has 0 bridgehead atoms. The van der Waals surface area contributed by atoms with Gasteiger partial charge in [0.15, 0.2) is 11.3 Å². The lowest BCUT2D eigenvalue weighted by molar-refractivity contribution is 0.0216. The summed E-state index contributed by atoms with van der Waals surface area (Å²) in [7, 11) is 0. The zero-order valence-corrected chi connectivity index (χ0v) is 35.8. The van der Waals surface area contributed by atoms with E-state index >= 15 is 0 Å². The molecule has 0 saturated heterocycles. The van der Waals surface area contributed by atoms with E-state index in [-0.39, 0.29) is 0 Å². The van der Waals surface area contributed by atoms with Gasteiger partial charge in [-0.15, -0.1) is 0 Å². The van der Waals surface area contributed by atoms with Crippen LogP contribution in [0, 0.1) is 13.8 Å². The third kappa shape index (κ3) is 10.0. The summed E-state index contributed by atoms with van der Waals surface area (Å²) in [5, 5.41) is 9.25. The Balaban J connectivity index is 1.15. The molecular weight excluding hydrogens is 783 g/mol. The molecule has 8 rings (SSSR count). The lowest BCUT2D eigenvalue weighted by Gasteiger charge is -2.28. The molecule has 0 aliphatic heterocycles. The molecule has 4 aromatic heterocycles. The molecule has 0 radical (unpaired) electrons. The number of fused-ring (bicyclic) bond motifs is 2. The molecule has 0 aliphatic rings. The minimum Gasteiger partial charge on any atom is -0.444 e. The standard InChI is InChI=1S/C49H45N7O2S2/c1-32-16-20-38-40(24-26-50-46(38)52-32)54-42-28-34(18-22-44(42)59-36-12-8-6-9-13-36)30-56(48(57)58-49(3,4)5)31-35-19-23-45(60-37-14-10-7-11-15-37)43(29-35)55-41-25-27-51-47-39(41)21-17-33(2)53-47/h6-29H,30-31H2,1-5H3,(H,50,52,54)(H,51,53,55). The largest absolute Gasteiger partial charge is 0.444 e. The molecule has 4 heterocycles. The van der Waals surface area contributed by atoms with E-state index in [4.69, 9.17) is 4.74 Å². The number of nitrogens with zero attached hydrogens (tertiary/aromatic N) is 5. The van der Waals surface area contributed by atoms with Crippen molar-refractivity contribution in [1.29, 1.82) is 0 Å². The second-order valence-electron chi connectivity index (χ2n) is 15.4. The number of amides is 1. The lowest BCUT2D eigenvalue weighted by Crippen LogP contribution is -2.36. The van der Waals surface area contributed by atoms with Crippen molar-refractivity contribution >= 4 is 74.4 Å². The molecular formula is C49H45N7O2S2. The van der Waals surface area contributed by atoms with Crippen LogP contribution >= 0.6 is 23.5 Å². The van der Waals surface area contributed by atoms with Gasteiger partial charge in [-0.3, -0.25) is 4.90 Å². The Labute approximate surface area is 359 Å². The first-order valence-electron chi connectivity index (χ1n) is 19.7. The number of carbonyl (C=O) groups is 1. The SMILES string of the molecule is Cc1ccc2c(Nc3cc(CN(Cc4ccc(Sc5ccccc5)c(Nc5ccnc6nc(C)ccc56)c4)C(=O)OC(C)(C)C)ccc3Sc3ccccc3)ccnc2n1. The maximum absolute atomic E-state index is 14.1. The molecule has 0 fully saturated rings. The van der Waals surface area contributed by atoms with E-state index in [0.29, 0.717) is 24.4 Å². The maximum atomic E-state index is 14.1. The summed E-state index contributed by atoms with van der Waals surface area (Å²) in [5.41, 5.74) is 7.95. The van der Waals surface area contributed by atoms with Crippen molar-refractivity contribution in [3.63, 3.8) is 0 Å². The van der Waals surface area contributed by atoms with Gasteiger partial charge in [0.05, 0.1) is 22.7 Å². The number of hydrogen-bond donors (Lipinski definition) is 2. The fourth-order valence-electron chi connectivity index (χ4n) is 6.66. The van der Waals surface area contributed by atoms with Crippen LogP contribution in [-0.2, 0) is 17.8 Å². The van der Waals surface area contributed by atoms with Gasteiger partial charge < -0.3 is 15.4 Å². The lowest BCUT2D eigenvalue weighted by atomic mass is 10.1. The fourth-order valence-corrected chi connectivity index (χ4v) is 8.47. The summed E-state index contributed by atoms with van der Waals surface area (Å²) < 4.78 is 6.04. The highest BCUT2D eigenvalue weighted by atomic mass is 32.2. The highest BCUT2D eigenvalue weighted by molar-refractivity contribution is 7.99. The minimum absolute atomic E-state index is 0.307. The van der Waals surface area contributed by atoms with E-state index in [1.807, 2.05) is 107 Å². The van der Waals surface area contributed by atoms with Crippen molar-refractivity contribution in [3.8, 4) is 0 Å². The molecule has 2 N–H and O–H groups in total. The summed E-state index contributed by atoms with van der Waals surface area (Å²) in [6.07, 6.45) is 3.15. The van der Waals surface area contributed by atoms with Crippen molar-refractivity contribution in [3.05, 3.63) is 168 Å². The second-order valence-corrected chi connectivity index (χ2v) is 17.7. The number of anilines is 4. The normalized spacial score (nSPS) is 11.4. The van der Waals surface area contributed by atoms with E-state index in [2.05, 4.69) is 91.2 Å². The van der Waals surface area contributed by atoms with E-state index in [1.165, 1.54) is 0 Å². The molecule has 0 aliphatic carbocycles. The Morgan fingerprint density at radius 2 is 1.03 bits per heavy atom. The molecule has 60 heavy (non-hydrogen) atoms. The number of pyridine rings is 4. The highest BCUT2D eigenvalue weighted by Gasteiger charge is 2.24. The van der Waals surface area contributed by atoms with Crippen LogP contribution in [0.2, 0.25) is 0 Å². The number of carbonyl (C=O) groups excluding carboxylic acids is 1. The second kappa shape index (κ2) is 17.8. The van der Waals surface area contributed by atoms with Gasteiger partial charge in [-0.2, -0.15) is 0 Å². The molecule has 0 spiro atoms. The van der Waals surface area contributed by atoms with Gasteiger partial charge >= 0.3 is 6.09 Å². The Hall–Kier alpha value is -6.43. The van der Waals surface area contributed by atoms with Crippen LogP contribution in [0.5, 0.6) is 0 Å². The van der Waals surface area contributed by atoms with Crippen LogP contribution in [0.1, 0.15) is 43.3 Å². The number of aromatic nitrogens is 4. The molecule has 300 valence electrons. The summed E-state index contributed by atoms with van der Waals surface area (Å²) in [6, 6.07) is 45.2. The summed E-state index contributed by atoms with van der Waals surface area (Å²) in [4.78, 5) is 38.6. The Morgan fingerprint density at radius 1 is 0.583 bits per heavy atom. The van der Waals surface area contributed by atoms with Gasteiger partial charge in [0.25, 0.3) is 0 Å². The first-order chi connectivity index (χ1) is 29.0. The van der Waals surface area contributed by atoms with Crippen molar-refractivity contribution in [2.75, 3.05) is 10.6 Å². The van der Waals surface area contributed by atoms with Crippen molar-refractivity contribution in [2.45, 2.75) is 72.9 Å². The number of benzene rings is 4. The van der Waals surface area contributed by atoms with Crippen LogP contribution in [-0.4, -0.2) is 36.5 Å². The van der Waals surface area contributed by atoms with Gasteiger partial charge in [-0.1, -0.05) is 72.1 Å². The molecule has 8 aromatic rings. The van der Waals surface area contributed by atoms with E-state index in [0.717, 1.165) is 75.6 Å². The highest BCUT2D eigenvalue weighted by Crippen LogP contribution is 2.39. The van der Waals surface area contributed by atoms with Gasteiger partial charge in [-0.25, -0.2) is 24.7 Å². The van der Waals surface area contributed by atoms with Crippen molar-refractivity contribution in [1.82, 2.24) is 24.8 Å². The number of ether oxygens (including phenoxy) is 1. The summed E-state index contributed by atoms with van der Waals surface area (Å²) in [5.74, 6) is 0. The van der Waals surface area contributed by atoms with Crippen LogP contribution in [0.25, 0.3) is 22.1 Å². The molecule has 1 amide bonds. The average molecular weight is 828 g/mol. The fraction of sp³-hybridized carbons (Fsp3) is 0.163. The molecule has 0 unspecified atom stereocenters. The van der Waals surface area contributed by atoms with Gasteiger partial charge in [0.2, 0.25) is 0 Å². The van der Waals surface area contributed by atoms with E-state index in [1.54, 1.807) is 40.8 Å². The van der Waals surface area contributed by atoms with Gasteiger partial charge in [0.1, 0.15) is 5.60 Å². The number of rotatable bonds is 12. The monoisotopic (exact) mass is 827 g/mol. The van der Waals surface area contributed by atoms with Crippen LogP contribution in [0.4, 0.5) is 27.5 Å². The summed E-state index contributed by atoms with van der Waals surface area (Å²) >= 11 is 3.35. The van der Waals surface area contributed by atoms with E-state index < -0.39 is 11.7 Å². The molecule has 0 atom stereocenters. The third-order valence-electron chi connectivity index (χ3n) is 9.45. The maximum Gasteiger partial charge on any atom is 0.410 e. The van der Waals surface area contributed by atoms with E-state index in [9.17, 15) is 4.79 Å². The third-order valence-corrected chi connectivity index (χ3v) is 11.6. The Bertz CT molecular complexity index is 2620. The zero-order valence-electron chi connectivity index (χ0n) is 34.1. The number of aryl methyl sites for hydroxylation is 2. The molecule has 0 saturated carbocycles. The first kappa shape index (κ1) is 40.4. The van der Waals surface area contributed by atoms with Crippen molar-refractivity contribution in [2.24, 2.45) is 0 Å². The summed E-state index contributed by atoms with van der Waals surface area (Å²) in [6.45, 7) is 10.2. The number of hydrogen-bond acceptors (Lipinski definition) is 10. The smallest absolute Gasteiger partial charge is 0.410 e. The molecule has 9 nitrogen and oxygen atoms in total. The number of nitrogens with one attached hydrogen (secondary N) is 2. The first-order valence-corrected chi connectivity index (χ1v) is 21.3. The quantitative estimate of drug-likeness (QED) is 0.124. The Morgan fingerprint density at radius 3 is 1.47 bits per heavy atom. The predicted octanol–water partition coefficient (Wildman–Crippen LogP) is 12.9. The molecule has 11 heteroatoms. The zero-order chi connectivity index (χ0) is 41.6. The van der Waals surface area contributed by atoms with Gasteiger partial charge in [0, 0.05) is 67.2 Å². The van der Waals surface area contributed by atoms with Gasteiger partial charge in [-0.05, 0) is 131 Å².